The molecule has 3 aromatic carbocycles. The molecule has 1 aliphatic heterocycles. The molecule has 0 spiro atoms. The molecular formula is C27H29NO2. The number of benzene rings is 3. The zero-order valence-electron chi connectivity index (χ0n) is 17.4. The summed E-state index contributed by atoms with van der Waals surface area (Å²) < 4.78 is 5.90. The number of hydrogen-bond donors (Lipinski definition) is 0. The number of amides is 1. The third-order valence-corrected chi connectivity index (χ3v) is 5.82. The van der Waals surface area contributed by atoms with Gasteiger partial charge in [-0.2, -0.15) is 0 Å². The minimum atomic E-state index is 0.143. The first-order valence-electron chi connectivity index (χ1n) is 10.8. The second-order valence-corrected chi connectivity index (χ2v) is 8.10. The van der Waals surface area contributed by atoms with Gasteiger partial charge in [-0.05, 0) is 54.0 Å². The van der Waals surface area contributed by atoms with E-state index in [1.165, 1.54) is 16.7 Å². The molecular weight excluding hydrogens is 370 g/mol. The van der Waals surface area contributed by atoms with Crippen molar-refractivity contribution in [2.45, 2.75) is 25.9 Å². The molecule has 1 amide bonds. The molecule has 0 saturated carbocycles. The maximum atomic E-state index is 12.9. The van der Waals surface area contributed by atoms with Crippen molar-refractivity contribution in [3.63, 3.8) is 0 Å². The smallest absolute Gasteiger partial charge is 0.253 e. The summed E-state index contributed by atoms with van der Waals surface area (Å²) in [6.07, 6.45) is 2.91. The lowest BCUT2D eigenvalue weighted by atomic mass is 9.97. The fourth-order valence-electron chi connectivity index (χ4n) is 4.00. The van der Waals surface area contributed by atoms with Gasteiger partial charge >= 0.3 is 0 Å². The van der Waals surface area contributed by atoms with Crippen molar-refractivity contribution in [1.82, 2.24) is 4.90 Å². The Kier molecular flexibility index (Phi) is 6.94. The molecule has 3 heteroatoms. The van der Waals surface area contributed by atoms with Crippen molar-refractivity contribution < 1.29 is 9.53 Å². The van der Waals surface area contributed by atoms with Gasteiger partial charge in [-0.25, -0.2) is 0 Å². The summed E-state index contributed by atoms with van der Waals surface area (Å²) in [4.78, 5) is 14.9. The van der Waals surface area contributed by atoms with Gasteiger partial charge in [0.05, 0.1) is 6.61 Å². The molecule has 0 aliphatic carbocycles. The van der Waals surface area contributed by atoms with Gasteiger partial charge in [-0.3, -0.25) is 4.79 Å². The van der Waals surface area contributed by atoms with Crippen LogP contribution in [0.5, 0.6) is 0 Å². The van der Waals surface area contributed by atoms with Crippen LogP contribution in [0.3, 0.4) is 0 Å². The molecule has 0 N–H and O–H groups in total. The van der Waals surface area contributed by atoms with E-state index >= 15 is 0 Å². The predicted molar refractivity (Wildman–Crippen MR) is 120 cm³/mol. The quantitative estimate of drug-likeness (QED) is 0.536. The summed E-state index contributed by atoms with van der Waals surface area (Å²) in [6.45, 7) is 3.05. The van der Waals surface area contributed by atoms with Crippen LogP contribution in [0, 0.1) is 5.92 Å². The van der Waals surface area contributed by atoms with E-state index in [4.69, 9.17) is 4.74 Å². The Labute approximate surface area is 179 Å². The Hall–Kier alpha value is -2.91. The Balaban J connectivity index is 1.23. The van der Waals surface area contributed by atoms with Gasteiger partial charge in [0, 0.05) is 25.3 Å². The topological polar surface area (TPSA) is 29.5 Å². The zero-order valence-corrected chi connectivity index (χ0v) is 17.4. The summed E-state index contributed by atoms with van der Waals surface area (Å²) in [5.41, 5.74) is 4.51. The highest BCUT2D eigenvalue weighted by Gasteiger charge is 2.23. The molecule has 0 radical (unpaired) electrons. The molecule has 0 atom stereocenters. The molecule has 1 saturated heterocycles. The highest BCUT2D eigenvalue weighted by molar-refractivity contribution is 5.94. The Morgan fingerprint density at radius 2 is 1.33 bits per heavy atom. The van der Waals surface area contributed by atoms with Crippen molar-refractivity contribution >= 4 is 5.91 Å². The largest absolute Gasteiger partial charge is 0.376 e. The summed E-state index contributed by atoms with van der Waals surface area (Å²) in [5, 5.41) is 0. The van der Waals surface area contributed by atoms with E-state index in [-0.39, 0.29) is 5.91 Å². The molecule has 0 unspecified atom stereocenters. The van der Waals surface area contributed by atoms with Crippen LogP contribution < -0.4 is 0 Å². The first-order chi connectivity index (χ1) is 14.8. The van der Waals surface area contributed by atoms with Crippen molar-refractivity contribution in [1.29, 1.82) is 0 Å². The number of nitrogens with zero attached hydrogens (tertiary/aromatic N) is 1. The van der Waals surface area contributed by atoms with Gasteiger partial charge in [0.1, 0.15) is 0 Å². The Morgan fingerprint density at radius 1 is 0.767 bits per heavy atom. The standard InChI is InChI=1S/C27H29NO2/c29-27(26-13-11-23(12-14-26)19-22-7-3-1-4-8-22)28-17-15-25(16-18-28)21-30-20-24-9-5-2-6-10-24/h1-14,25H,15-21H2. The molecule has 1 fully saturated rings. The molecule has 3 nitrogen and oxygen atoms in total. The van der Waals surface area contributed by atoms with Crippen LogP contribution in [0.25, 0.3) is 0 Å². The lowest BCUT2D eigenvalue weighted by Gasteiger charge is -2.32. The maximum absolute atomic E-state index is 12.9. The van der Waals surface area contributed by atoms with Crippen molar-refractivity contribution in [3.8, 4) is 0 Å². The van der Waals surface area contributed by atoms with Gasteiger partial charge in [0.25, 0.3) is 5.91 Å². The number of likely N-dealkylation sites (tertiary alicyclic amines) is 1. The molecule has 4 rings (SSSR count). The number of carbonyl (C=O) groups excluding carboxylic acids is 1. The van der Waals surface area contributed by atoms with E-state index in [0.717, 1.165) is 44.5 Å². The highest BCUT2D eigenvalue weighted by Crippen LogP contribution is 2.20. The average molecular weight is 400 g/mol. The molecule has 1 aliphatic rings. The van der Waals surface area contributed by atoms with Crippen LogP contribution in [-0.4, -0.2) is 30.5 Å². The first-order valence-corrected chi connectivity index (χ1v) is 10.8. The van der Waals surface area contributed by atoms with Gasteiger partial charge < -0.3 is 9.64 Å². The number of piperidine rings is 1. The highest BCUT2D eigenvalue weighted by atomic mass is 16.5. The van der Waals surface area contributed by atoms with Gasteiger partial charge in [0.15, 0.2) is 0 Å². The maximum Gasteiger partial charge on any atom is 0.253 e. The van der Waals surface area contributed by atoms with Crippen LogP contribution in [0.4, 0.5) is 0 Å². The first kappa shape index (κ1) is 20.4. The van der Waals surface area contributed by atoms with Crippen molar-refractivity contribution in [2.75, 3.05) is 19.7 Å². The molecule has 3 aromatic rings. The van der Waals surface area contributed by atoms with E-state index in [9.17, 15) is 4.79 Å². The Morgan fingerprint density at radius 3 is 1.97 bits per heavy atom. The SMILES string of the molecule is O=C(c1ccc(Cc2ccccc2)cc1)N1CCC(COCc2ccccc2)CC1. The normalized spacial score (nSPS) is 14.6. The molecule has 0 aromatic heterocycles. The van der Waals surface area contributed by atoms with Crippen LogP contribution in [0.15, 0.2) is 84.9 Å². The van der Waals surface area contributed by atoms with Gasteiger partial charge in [-0.15, -0.1) is 0 Å². The summed E-state index contributed by atoms with van der Waals surface area (Å²) in [5.74, 6) is 0.677. The molecule has 1 heterocycles. The van der Waals surface area contributed by atoms with Crippen molar-refractivity contribution in [3.05, 3.63) is 107 Å². The molecule has 154 valence electrons. The van der Waals surface area contributed by atoms with Crippen LogP contribution in [0.2, 0.25) is 0 Å². The number of carbonyl (C=O) groups is 1. The fraction of sp³-hybridized carbons (Fsp3) is 0.296. The fourth-order valence-corrected chi connectivity index (χ4v) is 4.00. The van der Waals surface area contributed by atoms with E-state index in [0.29, 0.717) is 12.5 Å². The molecule has 30 heavy (non-hydrogen) atoms. The second-order valence-electron chi connectivity index (χ2n) is 8.10. The van der Waals surface area contributed by atoms with E-state index in [1.54, 1.807) is 0 Å². The monoisotopic (exact) mass is 399 g/mol. The Bertz CT molecular complexity index is 914. The third-order valence-electron chi connectivity index (χ3n) is 5.82. The minimum absolute atomic E-state index is 0.143. The number of ether oxygens (including phenoxy) is 1. The van der Waals surface area contributed by atoms with Crippen LogP contribution in [0.1, 0.15) is 39.9 Å². The average Bonchev–Trinajstić information content (AvgIpc) is 2.81. The predicted octanol–water partition coefficient (Wildman–Crippen LogP) is 5.35. The third kappa shape index (κ3) is 5.58. The van der Waals surface area contributed by atoms with Crippen molar-refractivity contribution in [2.24, 2.45) is 5.92 Å². The van der Waals surface area contributed by atoms with Crippen LogP contribution >= 0.6 is 0 Å². The van der Waals surface area contributed by atoms with Gasteiger partial charge in [-0.1, -0.05) is 72.8 Å². The summed E-state index contributed by atoms with van der Waals surface area (Å²) in [6, 6.07) is 28.8. The van der Waals surface area contributed by atoms with E-state index in [1.807, 2.05) is 41.3 Å². The van der Waals surface area contributed by atoms with Crippen LogP contribution in [-0.2, 0) is 17.8 Å². The van der Waals surface area contributed by atoms with Gasteiger partial charge in [0.2, 0.25) is 0 Å². The van der Waals surface area contributed by atoms with E-state index in [2.05, 4.69) is 48.5 Å². The second kappa shape index (κ2) is 10.2. The number of rotatable bonds is 7. The number of hydrogen-bond acceptors (Lipinski definition) is 2. The lowest BCUT2D eigenvalue weighted by Crippen LogP contribution is -2.39. The van der Waals surface area contributed by atoms with E-state index < -0.39 is 0 Å². The summed E-state index contributed by atoms with van der Waals surface area (Å²) >= 11 is 0. The molecule has 0 bridgehead atoms. The zero-order chi connectivity index (χ0) is 20.6. The lowest BCUT2D eigenvalue weighted by molar-refractivity contribution is 0.0478. The summed E-state index contributed by atoms with van der Waals surface area (Å²) in [7, 11) is 0. The minimum Gasteiger partial charge on any atom is -0.376 e.